The van der Waals surface area contributed by atoms with Crippen molar-refractivity contribution in [3.8, 4) is 0 Å². The van der Waals surface area contributed by atoms with E-state index in [1.54, 1.807) is 11.0 Å². The standard InChI is InChI=1S/C27H30Cl2N4O3/c28-19-14-20(29)16-21(15-19)32-12-10-31(11-13-32)9-2-1-4-18-5-3-6-22-23(18)17-33(27(22)36)24-7-8-25(34)30-26(24)35/h3,5-6,14-16,24H,1-2,4,7-13,17H2,(H,30,34,35). The largest absolute Gasteiger partial charge is 0.369 e. The molecule has 3 aliphatic rings. The lowest BCUT2D eigenvalue weighted by Gasteiger charge is -2.36. The number of halogens is 2. The van der Waals surface area contributed by atoms with E-state index in [2.05, 4.69) is 21.2 Å². The summed E-state index contributed by atoms with van der Waals surface area (Å²) >= 11 is 12.3. The molecule has 0 aromatic heterocycles. The Balaban J connectivity index is 1.11. The SMILES string of the molecule is O=C1CCC(N2Cc3c(CCCCN4CCN(c5cc(Cl)cc(Cl)c5)CC4)cccc3C2=O)C(=O)N1. The zero-order chi connectivity index (χ0) is 25.2. The van der Waals surface area contributed by atoms with E-state index in [0.29, 0.717) is 28.6 Å². The van der Waals surface area contributed by atoms with Crippen LogP contribution in [0.2, 0.25) is 10.0 Å². The maximum absolute atomic E-state index is 13.0. The number of carbonyl (C=O) groups excluding carboxylic acids is 3. The molecule has 1 unspecified atom stereocenters. The van der Waals surface area contributed by atoms with Gasteiger partial charge in [0.25, 0.3) is 5.91 Å². The highest BCUT2D eigenvalue weighted by Crippen LogP contribution is 2.31. The van der Waals surface area contributed by atoms with E-state index < -0.39 is 6.04 Å². The Kier molecular flexibility index (Phi) is 7.51. The molecule has 2 aromatic rings. The molecule has 0 bridgehead atoms. The topological polar surface area (TPSA) is 73.0 Å². The first kappa shape index (κ1) is 25.1. The number of nitrogens with one attached hydrogen (secondary N) is 1. The smallest absolute Gasteiger partial charge is 0.255 e. The lowest BCUT2D eigenvalue weighted by atomic mass is 9.98. The van der Waals surface area contributed by atoms with Crippen molar-refractivity contribution in [2.24, 2.45) is 0 Å². The van der Waals surface area contributed by atoms with E-state index in [0.717, 1.165) is 63.2 Å². The summed E-state index contributed by atoms with van der Waals surface area (Å²) in [6.07, 6.45) is 3.67. The Bertz CT molecular complexity index is 1160. The highest BCUT2D eigenvalue weighted by Gasteiger charge is 2.39. The average Bonchev–Trinajstić information content (AvgIpc) is 3.18. The summed E-state index contributed by atoms with van der Waals surface area (Å²) in [7, 11) is 0. The van der Waals surface area contributed by atoms with Crippen LogP contribution in [0.4, 0.5) is 5.69 Å². The van der Waals surface area contributed by atoms with E-state index in [-0.39, 0.29) is 24.1 Å². The summed E-state index contributed by atoms with van der Waals surface area (Å²) < 4.78 is 0. The Morgan fingerprint density at radius 3 is 2.42 bits per heavy atom. The second-order valence-electron chi connectivity index (χ2n) is 9.76. The van der Waals surface area contributed by atoms with Gasteiger partial charge in [0.1, 0.15) is 6.04 Å². The molecule has 0 aliphatic carbocycles. The molecule has 3 aliphatic heterocycles. The highest BCUT2D eigenvalue weighted by molar-refractivity contribution is 6.35. The van der Waals surface area contributed by atoms with Crippen LogP contribution in [0.3, 0.4) is 0 Å². The number of imide groups is 1. The van der Waals surface area contributed by atoms with Crippen LogP contribution in [0.1, 0.15) is 47.2 Å². The molecule has 3 heterocycles. The first-order valence-electron chi connectivity index (χ1n) is 12.6. The molecule has 36 heavy (non-hydrogen) atoms. The van der Waals surface area contributed by atoms with Crippen molar-refractivity contribution in [2.75, 3.05) is 37.6 Å². The molecule has 3 amide bonds. The van der Waals surface area contributed by atoms with Gasteiger partial charge in [-0.2, -0.15) is 0 Å². The van der Waals surface area contributed by atoms with Crippen molar-refractivity contribution in [1.29, 1.82) is 0 Å². The molecule has 0 spiro atoms. The molecule has 2 saturated heterocycles. The van der Waals surface area contributed by atoms with Crippen molar-refractivity contribution in [2.45, 2.75) is 44.7 Å². The Morgan fingerprint density at radius 1 is 0.944 bits per heavy atom. The van der Waals surface area contributed by atoms with Gasteiger partial charge in [0.15, 0.2) is 0 Å². The first-order chi connectivity index (χ1) is 17.4. The Hall–Kier alpha value is -2.61. The van der Waals surface area contributed by atoms with E-state index >= 15 is 0 Å². The van der Waals surface area contributed by atoms with E-state index in [4.69, 9.17) is 23.2 Å². The average molecular weight is 529 g/mol. The van der Waals surface area contributed by atoms with Crippen LogP contribution in [0, 0.1) is 0 Å². The van der Waals surface area contributed by atoms with Gasteiger partial charge in [-0.3, -0.25) is 24.6 Å². The van der Waals surface area contributed by atoms with E-state index in [1.807, 2.05) is 24.3 Å². The summed E-state index contributed by atoms with van der Waals surface area (Å²) in [6, 6.07) is 11.0. The summed E-state index contributed by atoms with van der Waals surface area (Å²) in [4.78, 5) is 43.3. The number of nitrogens with zero attached hydrogens (tertiary/aromatic N) is 3. The van der Waals surface area contributed by atoms with Gasteiger partial charge in [0.2, 0.25) is 11.8 Å². The van der Waals surface area contributed by atoms with E-state index in [9.17, 15) is 14.4 Å². The predicted molar refractivity (Wildman–Crippen MR) is 141 cm³/mol. The van der Waals surface area contributed by atoms with Gasteiger partial charge in [0, 0.05) is 60.4 Å². The molecule has 2 fully saturated rings. The van der Waals surface area contributed by atoms with Crippen molar-refractivity contribution >= 4 is 46.6 Å². The minimum Gasteiger partial charge on any atom is -0.369 e. The van der Waals surface area contributed by atoms with Crippen molar-refractivity contribution < 1.29 is 14.4 Å². The van der Waals surface area contributed by atoms with Gasteiger partial charge in [-0.05, 0) is 67.6 Å². The fourth-order valence-corrected chi connectivity index (χ4v) is 6.00. The third kappa shape index (κ3) is 5.38. The molecule has 0 saturated carbocycles. The monoisotopic (exact) mass is 528 g/mol. The van der Waals surface area contributed by atoms with Crippen LogP contribution in [0.5, 0.6) is 0 Å². The predicted octanol–water partition coefficient (Wildman–Crippen LogP) is 3.90. The van der Waals surface area contributed by atoms with Crippen molar-refractivity contribution in [3.05, 3.63) is 63.1 Å². The summed E-state index contributed by atoms with van der Waals surface area (Å²) in [5.41, 5.74) is 3.97. The van der Waals surface area contributed by atoms with Crippen molar-refractivity contribution in [1.82, 2.24) is 15.1 Å². The number of fused-ring (bicyclic) bond motifs is 1. The molecule has 7 nitrogen and oxygen atoms in total. The lowest BCUT2D eigenvalue weighted by Crippen LogP contribution is -2.52. The fraction of sp³-hybridized carbons (Fsp3) is 0.444. The zero-order valence-electron chi connectivity index (χ0n) is 20.1. The van der Waals surface area contributed by atoms with Gasteiger partial charge in [-0.25, -0.2) is 0 Å². The molecule has 190 valence electrons. The van der Waals surface area contributed by atoms with Crippen LogP contribution in [0.15, 0.2) is 36.4 Å². The van der Waals surface area contributed by atoms with Crippen LogP contribution < -0.4 is 10.2 Å². The molecule has 1 N–H and O–H groups in total. The van der Waals surface area contributed by atoms with Crippen LogP contribution >= 0.6 is 23.2 Å². The quantitative estimate of drug-likeness (QED) is 0.435. The number of rotatable bonds is 7. The van der Waals surface area contributed by atoms with Gasteiger partial charge < -0.3 is 9.80 Å². The third-order valence-electron chi connectivity index (χ3n) is 7.43. The van der Waals surface area contributed by atoms with Crippen LogP contribution in [-0.4, -0.2) is 66.3 Å². The number of benzene rings is 2. The minimum absolute atomic E-state index is 0.111. The van der Waals surface area contributed by atoms with Gasteiger partial charge in [0.05, 0.1) is 0 Å². The lowest BCUT2D eigenvalue weighted by molar-refractivity contribution is -0.136. The number of carbonyl (C=O) groups is 3. The Labute approximate surface area is 221 Å². The van der Waals surface area contributed by atoms with Gasteiger partial charge >= 0.3 is 0 Å². The Morgan fingerprint density at radius 2 is 1.69 bits per heavy atom. The summed E-state index contributed by atoms with van der Waals surface area (Å²) in [6.45, 7) is 5.37. The number of aryl methyl sites for hydroxylation is 1. The maximum atomic E-state index is 13.0. The molecule has 1 atom stereocenters. The maximum Gasteiger partial charge on any atom is 0.255 e. The number of amides is 3. The van der Waals surface area contributed by atoms with Gasteiger partial charge in [-0.15, -0.1) is 0 Å². The number of piperidine rings is 1. The first-order valence-corrected chi connectivity index (χ1v) is 13.3. The molecular weight excluding hydrogens is 499 g/mol. The molecule has 5 rings (SSSR count). The van der Waals surface area contributed by atoms with Crippen LogP contribution in [-0.2, 0) is 22.6 Å². The molecular formula is C27H30Cl2N4O3. The summed E-state index contributed by atoms with van der Waals surface area (Å²) in [5, 5.41) is 3.69. The third-order valence-corrected chi connectivity index (χ3v) is 7.87. The number of anilines is 1. The zero-order valence-corrected chi connectivity index (χ0v) is 21.7. The normalized spacial score (nSPS) is 20.6. The second-order valence-corrected chi connectivity index (χ2v) is 10.6. The number of hydrogen-bond acceptors (Lipinski definition) is 5. The van der Waals surface area contributed by atoms with E-state index in [1.165, 1.54) is 5.56 Å². The number of piperazine rings is 1. The van der Waals surface area contributed by atoms with Gasteiger partial charge in [-0.1, -0.05) is 35.3 Å². The molecule has 2 aromatic carbocycles. The fourth-order valence-electron chi connectivity index (χ4n) is 5.49. The summed E-state index contributed by atoms with van der Waals surface area (Å²) in [5.74, 6) is -0.746. The molecule has 9 heteroatoms. The number of hydrogen-bond donors (Lipinski definition) is 1. The highest BCUT2D eigenvalue weighted by atomic mass is 35.5. The van der Waals surface area contributed by atoms with Crippen molar-refractivity contribution in [3.63, 3.8) is 0 Å². The second kappa shape index (κ2) is 10.8. The number of unbranched alkanes of at least 4 members (excludes halogenated alkanes) is 1. The molecule has 0 radical (unpaired) electrons. The van der Waals surface area contributed by atoms with Crippen LogP contribution in [0.25, 0.3) is 0 Å². The minimum atomic E-state index is -0.572.